The molecule has 272 valence electrons. The van der Waals surface area contributed by atoms with Crippen LogP contribution in [0.15, 0.2) is 24.3 Å². The van der Waals surface area contributed by atoms with Crippen LogP contribution in [0.3, 0.4) is 0 Å². The van der Waals surface area contributed by atoms with Gasteiger partial charge >= 0.3 is 11.9 Å². The zero-order valence-corrected chi connectivity index (χ0v) is 31.7. The maximum Gasteiger partial charge on any atom is 0.372 e. The second kappa shape index (κ2) is 36.5. The fraction of sp³-hybridized carbons (Fsp3) is 0.850. The molecule has 0 spiro atoms. The highest BCUT2D eigenvalue weighted by Crippen LogP contribution is 2.16. The van der Waals surface area contributed by atoms with Crippen molar-refractivity contribution in [2.24, 2.45) is 0 Å². The number of halogens is 1. The summed E-state index contributed by atoms with van der Waals surface area (Å²) >= 11 is 0. The van der Waals surface area contributed by atoms with Gasteiger partial charge in [0.1, 0.15) is 0 Å². The van der Waals surface area contributed by atoms with Gasteiger partial charge in [0.15, 0.2) is 13.6 Å². The van der Waals surface area contributed by atoms with Crippen LogP contribution in [-0.2, 0) is 19.3 Å². The van der Waals surface area contributed by atoms with Crippen molar-refractivity contribution >= 4 is 11.9 Å². The third-order valence-corrected chi connectivity index (χ3v) is 8.51. The summed E-state index contributed by atoms with van der Waals surface area (Å²) in [7, 11) is 1.68. The summed E-state index contributed by atoms with van der Waals surface area (Å²) in [5, 5.41) is 0. The topological polar surface area (TPSA) is 52.6 Å². The normalized spacial score (nSPS) is 12.8. The van der Waals surface area contributed by atoms with Gasteiger partial charge in [-0.25, -0.2) is 19.3 Å². The number of rotatable bonds is 34. The maximum atomic E-state index is 12.5. The Kier molecular flexibility index (Phi) is 37.1. The first-order chi connectivity index (χ1) is 22.0. The SMILES string of the molecule is CCCCCCCCC=CCCCCCCCC(=O)O[N+](C)(CCC)OC(=O)CCCCCCCC=CCCCCCCCC.[Cl-]. The minimum atomic E-state index is -0.398. The average Bonchev–Trinajstić information content (AvgIpc) is 3.01. The lowest BCUT2D eigenvalue weighted by atomic mass is 10.1. The minimum Gasteiger partial charge on any atom is -1.00 e. The third-order valence-electron chi connectivity index (χ3n) is 8.51. The molecule has 0 bridgehead atoms. The quantitative estimate of drug-likeness (QED) is 0.0296. The maximum absolute atomic E-state index is 12.5. The van der Waals surface area contributed by atoms with Gasteiger partial charge in [0.05, 0.1) is 12.8 Å². The van der Waals surface area contributed by atoms with E-state index in [1.54, 1.807) is 7.05 Å². The summed E-state index contributed by atoms with van der Waals surface area (Å²) < 4.78 is 0. The molecule has 0 radical (unpaired) electrons. The third kappa shape index (κ3) is 34.0. The number of quaternary nitrogens is 1. The molecule has 5 nitrogen and oxygen atoms in total. The molecule has 0 fully saturated rings. The van der Waals surface area contributed by atoms with Gasteiger partial charge < -0.3 is 12.4 Å². The van der Waals surface area contributed by atoms with Gasteiger partial charge in [-0.15, -0.1) is 0 Å². The molecule has 0 aromatic rings. The fourth-order valence-electron chi connectivity index (χ4n) is 5.72. The van der Waals surface area contributed by atoms with E-state index in [0.29, 0.717) is 19.4 Å². The molecule has 0 aliphatic heterocycles. The Labute approximate surface area is 292 Å². The highest BCUT2D eigenvalue weighted by molar-refractivity contribution is 5.69. The predicted molar refractivity (Wildman–Crippen MR) is 192 cm³/mol. The van der Waals surface area contributed by atoms with E-state index in [4.69, 9.17) is 9.68 Å². The molecule has 0 unspecified atom stereocenters. The molecular formula is C40H76ClNO4. The standard InChI is InChI=1S/C40H76NO4.ClH/c1-5-8-10-12-14-16-18-20-22-24-26-28-30-32-34-36-39(42)44-41(4,38-7-3)45-40(43)37-35-33-31-29-27-25-23-21-19-17-15-13-11-9-6-2;/h20-23H,5-19,24-38H2,1-4H3;1H/q+1;/p-1. The molecule has 0 aromatic carbocycles. The Morgan fingerprint density at radius 3 is 1.02 bits per heavy atom. The van der Waals surface area contributed by atoms with Gasteiger partial charge in [-0.3, -0.25) is 0 Å². The van der Waals surface area contributed by atoms with Gasteiger partial charge in [-0.2, -0.15) is 0 Å². The van der Waals surface area contributed by atoms with Crippen molar-refractivity contribution in [1.82, 2.24) is 0 Å². The van der Waals surface area contributed by atoms with Gasteiger partial charge in [0, 0.05) is 11.2 Å². The molecule has 0 amide bonds. The summed E-state index contributed by atoms with van der Waals surface area (Å²) in [6, 6.07) is 0. The van der Waals surface area contributed by atoms with Crippen molar-refractivity contribution in [3.63, 3.8) is 0 Å². The first-order valence-corrected chi connectivity index (χ1v) is 19.6. The van der Waals surface area contributed by atoms with Crippen LogP contribution in [0.5, 0.6) is 0 Å². The first-order valence-electron chi connectivity index (χ1n) is 19.6. The zero-order chi connectivity index (χ0) is 33.1. The Balaban J connectivity index is 0. The van der Waals surface area contributed by atoms with Crippen LogP contribution in [0.25, 0.3) is 0 Å². The summed E-state index contributed by atoms with van der Waals surface area (Å²) in [6.07, 6.45) is 42.8. The van der Waals surface area contributed by atoms with Gasteiger partial charge in [-0.1, -0.05) is 148 Å². The lowest BCUT2D eigenvalue weighted by molar-refractivity contribution is -1.21. The van der Waals surface area contributed by atoms with Gasteiger partial charge in [0.2, 0.25) is 0 Å². The monoisotopic (exact) mass is 670 g/mol. The van der Waals surface area contributed by atoms with E-state index in [9.17, 15) is 9.59 Å². The molecule has 0 N–H and O–H groups in total. The number of nitrogens with zero attached hydrogens (tertiary/aromatic N) is 1. The molecule has 0 heterocycles. The van der Waals surface area contributed by atoms with Crippen LogP contribution in [0, 0.1) is 0 Å². The summed E-state index contributed by atoms with van der Waals surface area (Å²) in [4.78, 5) is 35.9. The van der Waals surface area contributed by atoms with Crippen molar-refractivity contribution in [3.05, 3.63) is 24.3 Å². The molecule has 0 aliphatic rings. The van der Waals surface area contributed by atoms with Crippen LogP contribution in [0.4, 0.5) is 0 Å². The number of carbonyl (C=O) groups excluding carboxylic acids is 2. The zero-order valence-electron chi connectivity index (χ0n) is 31.0. The number of carbonyl (C=O) groups is 2. The first kappa shape index (κ1) is 46.8. The highest BCUT2D eigenvalue weighted by atomic mass is 35.5. The van der Waals surface area contributed by atoms with E-state index >= 15 is 0 Å². The average molecular weight is 671 g/mol. The molecule has 0 saturated heterocycles. The molecule has 6 heteroatoms. The van der Waals surface area contributed by atoms with Gasteiger partial charge in [0.25, 0.3) is 0 Å². The Morgan fingerprint density at radius 1 is 0.435 bits per heavy atom. The molecular weight excluding hydrogens is 594 g/mol. The van der Waals surface area contributed by atoms with Gasteiger partial charge in [-0.05, 0) is 64.2 Å². The van der Waals surface area contributed by atoms with Crippen molar-refractivity contribution in [2.75, 3.05) is 13.6 Å². The Bertz CT molecular complexity index is 670. The predicted octanol–water partition coefficient (Wildman–Crippen LogP) is 9.84. The lowest BCUT2D eigenvalue weighted by Gasteiger charge is -2.26. The van der Waals surface area contributed by atoms with Crippen molar-refractivity contribution in [3.8, 4) is 0 Å². The van der Waals surface area contributed by atoms with Crippen molar-refractivity contribution < 1.29 is 36.5 Å². The smallest absolute Gasteiger partial charge is 0.372 e. The number of unbranched alkanes of at least 4 members (excludes halogenated alkanes) is 22. The fourth-order valence-corrected chi connectivity index (χ4v) is 5.72. The highest BCUT2D eigenvalue weighted by Gasteiger charge is 2.32. The molecule has 0 aromatic heterocycles. The summed E-state index contributed by atoms with van der Waals surface area (Å²) in [5.74, 6) is -0.560. The minimum absolute atomic E-state index is 0. The molecule has 0 atom stereocenters. The molecule has 0 saturated carbocycles. The largest absolute Gasteiger partial charge is 1.00 e. The van der Waals surface area contributed by atoms with Crippen molar-refractivity contribution in [1.29, 1.82) is 0 Å². The van der Waals surface area contributed by atoms with Crippen molar-refractivity contribution in [2.45, 2.75) is 207 Å². The number of hydrogen-bond donors (Lipinski definition) is 0. The van der Waals surface area contributed by atoms with E-state index in [1.165, 1.54) is 116 Å². The van der Waals surface area contributed by atoms with Crippen LogP contribution < -0.4 is 12.4 Å². The van der Waals surface area contributed by atoms with E-state index in [2.05, 4.69) is 38.2 Å². The van der Waals surface area contributed by atoms with Crippen LogP contribution in [0.1, 0.15) is 207 Å². The second-order valence-electron chi connectivity index (χ2n) is 13.3. The summed E-state index contributed by atoms with van der Waals surface area (Å²) in [6.45, 7) is 7.00. The number of hydrogen-bond acceptors (Lipinski definition) is 4. The van der Waals surface area contributed by atoms with Crippen LogP contribution in [-0.4, -0.2) is 30.3 Å². The number of hydroxylamine groups is 4. The van der Waals surface area contributed by atoms with E-state index < -0.39 is 4.81 Å². The van der Waals surface area contributed by atoms with E-state index in [0.717, 1.165) is 57.8 Å². The molecule has 0 aliphatic carbocycles. The number of allylic oxidation sites excluding steroid dienone is 4. The second-order valence-corrected chi connectivity index (χ2v) is 13.3. The molecule has 0 rings (SSSR count). The van der Waals surface area contributed by atoms with E-state index in [-0.39, 0.29) is 24.3 Å². The van der Waals surface area contributed by atoms with E-state index in [1.807, 2.05) is 6.92 Å². The molecule has 46 heavy (non-hydrogen) atoms. The summed E-state index contributed by atoms with van der Waals surface area (Å²) in [5.41, 5.74) is 0. The Hall–Kier alpha value is -1.33. The lowest BCUT2D eigenvalue weighted by Crippen LogP contribution is -3.00. The Morgan fingerprint density at radius 2 is 0.717 bits per heavy atom. The van der Waals surface area contributed by atoms with Crippen LogP contribution in [0.2, 0.25) is 0 Å². The van der Waals surface area contributed by atoms with Crippen LogP contribution >= 0.6 is 0 Å².